The summed E-state index contributed by atoms with van der Waals surface area (Å²) in [4.78, 5) is 4.76. The maximum atomic E-state index is 4.76. The lowest BCUT2D eigenvalue weighted by Crippen LogP contribution is -2.23. The molecule has 1 aromatic heterocycles. The second kappa shape index (κ2) is 5.15. The minimum Gasteiger partial charge on any atom is -0.311 e. The Balaban J connectivity index is 2.57. The first-order valence-electron chi connectivity index (χ1n) is 5.86. The van der Waals surface area contributed by atoms with Crippen molar-refractivity contribution < 1.29 is 0 Å². The Bertz CT molecular complexity index is 523. The van der Waals surface area contributed by atoms with Gasteiger partial charge in [-0.15, -0.1) is 0 Å². The van der Waals surface area contributed by atoms with Gasteiger partial charge in [0, 0.05) is 9.86 Å². The second-order valence-corrected chi connectivity index (χ2v) is 5.41. The molecule has 17 heavy (non-hydrogen) atoms. The van der Waals surface area contributed by atoms with Crippen molar-refractivity contribution >= 4 is 26.8 Å². The highest BCUT2D eigenvalue weighted by molar-refractivity contribution is 9.10. The van der Waals surface area contributed by atoms with Gasteiger partial charge >= 0.3 is 0 Å². The highest BCUT2D eigenvalue weighted by Gasteiger charge is 2.18. The van der Waals surface area contributed by atoms with Crippen LogP contribution in [0.2, 0.25) is 0 Å². The van der Waals surface area contributed by atoms with E-state index in [4.69, 9.17) is 4.98 Å². The highest BCUT2D eigenvalue weighted by atomic mass is 79.9. The SMILES string of the molecule is CNC(c1nc2ccccc2cc1Br)C(C)C. The van der Waals surface area contributed by atoms with Gasteiger partial charge in [0.1, 0.15) is 0 Å². The highest BCUT2D eigenvalue weighted by Crippen LogP contribution is 2.29. The molecule has 1 aromatic carbocycles. The zero-order valence-electron chi connectivity index (χ0n) is 10.4. The number of hydrogen-bond acceptors (Lipinski definition) is 2. The number of nitrogens with zero attached hydrogens (tertiary/aromatic N) is 1. The van der Waals surface area contributed by atoms with Gasteiger partial charge in [-0.05, 0) is 41.0 Å². The number of benzene rings is 1. The van der Waals surface area contributed by atoms with E-state index in [0.29, 0.717) is 5.92 Å². The molecular weight excluding hydrogens is 276 g/mol. The summed E-state index contributed by atoms with van der Waals surface area (Å²) in [6.45, 7) is 4.40. The van der Waals surface area contributed by atoms with E-state index in [1.165, 1.54) is 5.39 Å². The summed E-state index contributed by atoms with van der Waals surface area (Å²) in [6.07, 6.45) is 0. The summed E-state index contributed by atoms with van der Waals surface area (Å²) in [5.74, 6) is 0.505. The van der Waals surface area contributed by atoms with E-state index in [9.17, 15) is 0 Å². The van der Waals surface area contributed by atoms with Crippen molar-refractivity contribution in [3.8, 4) is 0 Å². The summed E-state index contributed by atoms with van der Waals surface area (Å²) in [5.41, 5.74) is 2.13. The molecule has 1 unspecified atom stereocenters. The Kier molecular flexibility index (Phi) is 3.79. The summed E-state index contributed by atoms with van der Waals surface area (Å²) in [7, 11) is 1.98. The summed E-state index contributed by atoms with van der Waals surface area (Å²) >= 11 is 3.62. The molecule has 0 saturated heterocycles. The molecule has 0 aliphatic heterocycles. The number of fused-ring (bicyclic) bond motifs is 1. The number of hydrogen-bond donors (Lipinski definition) is 1. The molecule has 2 aromatic rings. The average Bonchev–Trinajstić information content (AvgIpc) is 2.30. The lowest BCUT2D eigenvalue weighted by atomic mass is 10.00. The van der Waals surface area contributed by atoms with Crippen molar-refractivity contribution in [1.29, 1.82) is 0 Å². The smallest absolute Gasteiger partial charge is 0.0725 e. The first kappa shape index (κ1) is 12.5. The first-order valence-corrected chi connectivity index (χ1v) is 6.65. The number of pyridine rings is 1. The van der Waals surface area contributed by atoms with E-state index < -0.39 is 0 Å². The summed E-state index contributed by atoms with van der Waals surface area (Å²) in [5, 5.41) is 4.50. The quantitative estimate of drug-likeness (QED) is 0.928. The van der Waals surface area contributed by atoms with E-state index in [0.717, 1.165) is 15.7 Å². The fourth-order valence-electron chi connectivity index (χ4n) is 2.11. The lowest BCUT2D eigenvalue weighted by Gasteiger charge is -2.21. The number of rotatable bonds is 3. The molecule has 1 N–H and O–H groups in total. The zero-order chi connectivity index (χ0) is 12.4. The van der Waals surface area contributed by atoms with E-state index in [2.05, 4.69) is 53.3 Å². The molecule has 0 aliphatic carbocycles. The molecule has 0 spiro atoms. The summed E-state index contributed by atoms with van der Waals surface area (Å²) in [6, 6.07) is 10.6. The van der Waals surface area contributed by atoms with Crippen molar-refractivity contribution in [3.63, 3.8) is 0 Å². The fraction of sp³-hybridized carbons (Fsp3) is 0.357. The van der Waals surface area contributed by atoms with Crippen LogP contribution in [0.25, 0.3) is 10.9 Å². The third-order valence-corrected chi connectivity index (χ3v) is 3.61. The van der Waals surface area contributed by atoms with Gasteiger partial charge in [0.05, 0.1) is 17.3 Å². The molecule has 0 bridgehead atoms. The number of para-hydroxylation sites is 1. The molecule has 3 heteroatoms. The van der Waals surface area contributed by atoms with Crippen LogP contribution >= 0.6 is 15.9 Å². The molecule has 90 valence electrons. The van der Waals surface area contributed by atoms with Crippen molar-refractivity contribution in [2.24, 2.45) is 5.92 Å². The van der Waals surface area contributed by atoms with Crippen LogP contribution in [0, 0.1) is 5.92 Å². The normalized spacial score (nSPS) is 13.2. The van der Waals surface area contributed by atoms with Crippen molar-refractivity contribution in [2.75, 3.05) is 7.05 Å². The minimum absolute atomic E-state index is 0.272. The third-order valence-electron chi connectivity index (χ3n) is 2.98. The minimum atomic E-state index is 0.272. The largest absolute Gasteiger partial charge is 0.311 e. The van der Waals surface area contributed by atoms with Gasteiger partial charge in [-0.2, -0.15) is 0 Å². The molecule has 0 radical (unpaired) electrons. The molecule has 1 atom stereocenters. The van der Waals surface area contributed by atoms with Crippen LogP contribution in [0.4, 0.5) is 0 Å². The Hall–Kier alpha value is -0.930. The lowest BCUT2D eigenvalue weighted by molar-refractivity contribution is 0.433. The molecule has 0 aliphatic rings. The molecular formula is C14H17BrN2. The van der Waals surface area contributed by atoms with E-state index in [1.54, 1.807) is 0 Å². The van der Waals surface area contributed by atoms with E-state index in [1.807, 2.05) is 19.2 Å². The van der Waals surface area contributed by atoms with Crippen molar-refractivity contribution in [2.45, 2.75) is 19.9 Å². The summed E-state index contributed by atoms with van der Waals surface area (Å²) < 4.78 is 1.07. The van der Waals surface area contributed by atoms with Gasteiger partial charge in [0.25, 0.3) is 0 Å². The first-order chi connectivity index (χ1) is 8.13. The Morgan fingerprint density at radius 3 is 2.59 bits per heavy atom. The topological polar surface area (TPSA) is 24.9 Å². The van der Waals surface area contributed by atoms with Crippen LogP contribution < -0.4 is 5.32 Å². The third kappa shape index (κ3) is 2.50. The van der Waals surface area contributed by atoms with Gasteiger partial charge in [-0.25, -0.2) is 4.98 Å². The molecule has 1 heterocycles. The van der Waals surface area contributed by atoms with Crippen LogP contribution in [0.1, 0.15) is 25.6 Å². The van der Waals surface area contributed by atoms with Gasteiger partial charge in [0.2, 0.25) is 0 Å². The fourth-order valence-corrected chi connectivity index (χ4v) is 2.69. The van der Waals surface area contributed by atoms with Gasteiger partial charge < -0.3 is 5.32 Å². The predicted octanol–water partition coefficient (Wildman–Crippen LogP) is 3.91. The van der Waals surface area contributed by atoms with E-state index in [-0.39, 0.29) is 6.04 Å². The van der Waals surface area contributed by atoms with Gasteiger partial charge in [-0.3, -0.25) is 0 Å². The van der Waals surface area contributed by atoms with Gasteiger partial charge in [0.15, 0.2) is 0 Å². The number of nitrogens with one attached hydrogen (secondary N) is 1. The predicted molar refractivity (Wildman–Crippen MR) is 76.1 cm³/mol. The molecule has 2 nitrogen and oxygen atoms in total. The maximum Gasteiger partial charge on any atom is 0.0725 e. The zero-order valence-corrected chi connectivity index (χ0v) is 12.0. The van der Waals surface area contributed by atoms with Crippen LogP contribution in [0.15, 0.2) is 34.8 Å². The number of aromatic nitrogens is 1. The van der Waals surface area contributed by atoms with Crippen molar-refractivity contribution in [3.05, 3.63) is 40.5 Å². The van der Waals surface area contributed by atoms with E-state index >= 15 is 0 Å². The Labute approximate surface area is 111 Å². The van der Waals surface area contributed by atoms with Crippen LogP contribution in [0.3, 0.4) is 0 Å². The molecule has 0 amide bonds. The molecule has 0 fully saturated rings. The Morgan fingerprint density at radius 2 is 1.94 bits per heavy atom. The monoisotopic (exact) mass is 292 g/mol. The van der Waals surface area contributed by atoms with Crippen LogP contribution in [0.5, 0.6) is 0 Å². The molecule has 0 saturated carbocycles. The maximum absolute atomic E-state index is 4.76. The Morgan fingerprint density at radius 1 is 1.24 bits per heavy atom. The average molecular weight is 293 g/mol. The second-order valence-electron chi connectivity index (χ2n) is 4.56. The van der Waals surface area contributed by atoms with Crippen LogP contribution in [-0.2, 0) is 0 Å². The van der Waals surface area contributed by atoms with Gasteiger partial charge in [-0.1, -0.05) is 32.0 Å². The molecule has 2 rings (SSSR count). The van der Waals surface area contributed by atoms with Crippen LogP contribution in [-0.4, -0.2) is 12.0 Å². The standard InChI is InChI=1S/C14H17BrN2/c1-9(2)13(16-3)14-11(15)8-10-6-4-5-7-12(10)17-14/h4-9,13,16H,1-3H3. The number of halogens is 1. The van der Waals surface area contributed by atoms with Crippen molar-refractivity contribution in [1.82, 2.24) is 10.3 Å².